The van der Waals surface area contributed by atoms with Gasteiger partial charge < -0.3 is 15.4 Å². The lowest BCUT2D eigenvalue weighted by Crippen LogP contribution is -2.39. The van der Waals surface area contributed by atoms with E-state index in [0.717, 1.165) is 24.3 Å². The largest absolute Gasteiger partial charge is 0.496 e. The Morgan fingerprint density at radius 3 is 2.67 bits per heavy atom. The summed E-state index contributed by atoms with van der Waals surface area (Å²) in [5.74, 6) is 1.29. The van der Waals surface area contributed by atoms with E-state index in [4.69, 9.17) is 4.74 Å². The molecule has 0 aliphatic heterocycles. The van der Waals surface area contributed by atoms with Crippen molar-refractivity contribution in [3.8, 4) is 5.75 Å². The number of carbonyl (C=O) groups excluding carboxylic acids is 1. The molecule has 2 atom stereocenters. The van der Waals surface area contributed by atoms with Gasteiger partial charge >= 0.3 is 0 Å². The normalized spacial score (nSPS) is 13.5. The molecule has 4 nitrogen and oxygen atoms in total. The Morgan fingerprint density at radius 1 is 1.29 bits per heavy atom. The molecular formula is C17H28N2O2. The Balaban J connectivity index is 2.39. The van der Waals surface area contributed by atoms with Crippen molar-refractivity contribution in [2.45, 2.75) is 39.7 Å². The molecule has 0 bridgehead atoms. The summed E-state index contributed by atoms with van der Waals surface area (Å²) in [5.41, 5.74) is 1.15. The van der Waals surface area contributed by atoms with E-state index in [1.54, 1.807) is 7.11 Å². The fourth-order valence-corrected chi connectivity index (χ4v) is 2.40. The number of amides is 1. The molecule has 4 heteroatoms. The van der Waals surface area contributed by atoms with E-state index in [-0.39, 0.29) is 11.8 Å². The topological polar surface area (TPSA) is 50.4 Å². The Hall–Kier alpha value is -1.55. The zero-order valence-corrected chi connectivity index (χ0v) is 13.6. The van der Waals surface area contributed by atoms with Crippen LogP contribution in [-0.4, -0.2) is 32.1 Å². The van der Waals surface area contributed by atoms with Crippen LogP contribution < -0.4 is 15.4 Å². The zero-order valence-electron chi connectivity index (χ0n) is 13.6. The number of carbonyl (C=O) groups is 1. The number of nitrogens with one attached hydrogen (secondary N) is 2. The van der Waals surface area contributed by atoms with Crippen LogP contribution in [0.25, 0.3) is 0 Å². The fourth-order valence-electron chi connectivity index (χ4n) is 2.40. The van der Waals surface area contributed by atoms with Gasteiger partial charge in [0, 0.05) is 19.0 Å². The molecule has 1 unspecified atom stereocenters. The maximum atomic E-state index is 11.9. The smallest absolute Gasteiger partial charge is 0.220 e. The third-order valence-corrected chi connectivity index (χ3v) is 3.45. The first kappa shape index (κ1) is 17.5. The van der Waals surface area contributed by atoms with E-state index >= 15 is 0 Å². The van der Waals surface area contributed by atoms with Crippen molar-refractivity contribution < 1.29 is 9.53 Å². The molecule has 0 heterocycles. The van der Waals surface area contributed by atoms with E-state index < -0.39 is 0 Å². The van der Waals surface area contributed by atoms with E-state index in [1.165, 1.54) is 0 Å². The van der Waals surface area contributed by atoms with Crippen LogP contribution in [0.1, 0.15) is 32.8 Å². The lowest BCUT2D eigenvalue weighted by molar-refractivity contribution is -0.121. The van der Waals surface area contributed by atoms with Gasteiger partial charge in [-0.05, 0) is 37.4 Å². The molecule has 0 aromatic heterocycles. The van der Waals surface area contributed by atoms with Crippen LogP contribution >= 0.6 is 0 Å². The average molecular weight is 292 g/mol. The quantitative estimate of drug-likeness (QED) is 0.735. The van der Waals surface area contributed by atoms with Gasteiger partial charge in [-0.1, -0.05) is 32.0 Å². The van der Waals surface area contributed by atoms with E-state index in [2.05, 4.69) is 37.5 Å². The van der Waals surface area contributed by atoms with Crippen molar-refractivity contribution in [1.82, 2.24) is 10.6 Å². The van der Waals surface area contributed by atoms with Gasteiger partial charge in [-0.15, -0.1) is 0 Å². The molecule has 2 N–H and O–H groups in total. The highest BCUT2D eigenvalue weighted by molar-refractivity contribution is 5.76. The monoisotopic (exact) mass is 292 g/mol. The molecule has 0 radical (unpaired) electrons. The van der Waals surface area contributed by atoms with E-state index in [9.17, 15) is 4.79 Å². The molecule has 0 fully saturated rings. The van der Waals surface area contributed by atoms with Gasteiger partial charge in [-0.25, -0.2) is 0 Å². The number of rotatable bonds is 9. The van der Waals surface area contributed by atoms with Gasteiger partial charge in [0.2, 0.25) is 5.91 Å². The summed E-state index contributed by atoms with van der Waals surface area (Å²) >= 11 is 0. The van der Waals surface area contributed by atoms with Crippen molar-refractivity contribution in [3.05, 3.63) is 29.8 Å². The minimum atomic E-state index is 0.113. The Kier molecular flexibility index (Phi) is 7.83. The van der Waals surface area contributed by atoms with Gasteiger partial charge in [0.25, 0.3) is 0 Å². The Labute approximate surface area is 128 Å². The van der Waals surface area contributed by atoms with Crippen LogP contribution in [0, 0.1) is 5.92 Å². The first-order chi connectivity index (χ1) is 10.1. The van der Waals surface area contributed by atoms with Gasteiger partial charge in [-0.2, -0.15) is 0 Å². The molecule has 1 aromatic carbocycles. The minimum absolute atomic E-state index is 0.113. The third kappa shape index (κ3) is 6.63. The Morgan fingerprint density at radius 2 is 2.00 bits per heavy atom. The fraction of sp³-hybridized carbons (Fsp3) is 0.588. The van der Waals surface area contributed by atoms with Crippen molar-refractivity contribution in [2.75, 3.05) is 20.2 Å². The summed E-state index contributed by atoms with van der Waals surface area (Å²) in [7, 11) is 1.68. The molecule has 0 aliphatic rings. The molecule has 21 heavy (non-hydrogen) atoms. The lowest BCUT2D eigenvalue weighted by atomic mass is 9.97. The van der Waals surface area contributed by atoms with E-state index in [0.29, 0.717) is 19.0 Å². The number of likely N-dealkylation sites (N-methyl/N-ethyl adjacent to an activating group) is 1. The summed E-state index contributed by atoms with van der Waals surface area (Å²) in [6.07, 6.45) is 1.39. The summed E-state index contributed by atoms with van der Waals surface area (Å²) in [6, 6.07) is 8.29. The van der Waals surface area contributed by atoms with Crippen molar-refractivity contribution in [1.29, 1.82) is 0 Å². The van der Waals surface area contributed by atoms with Crippen LogP contribution in [0.5, 0.6) is 5.75 Å². The highest BCUT2D eigenvalue weighted by atomic mass is 16.5. The SMILES string of the molecule is CCN[C@H](C)CNC(=O)CC(C)Cc1ccccc1OC. The van der Waals surface area contributed by atoms with Crippen LogP contribution in [0.3, 0.4) is 0 Å². The van der Waals surface area contributed by atoms with Gasteiger partial charge in [-0.3, -0.25) is 4.79 Å². The Bertz CT molecular complexity index is 435. The average Bonchev–Trinajstić information content (AvgIpc) is 2.46. The molecule has 1 rings (SSSR count). The second-order valence-corrected chi connectivity index (χ2v) is 5.59. The maximum absolute atomic E-state index is 11.9. The summed E-state index contributed by atoms with van der Waals surface area (Å²) in [6.45, 7) is 7.82. The number of ether oxygens (including phenoxy) is 1. The second kappa shape index (κ2) is 9.40. The predicted octanol–water partition coefficient (Wildman–Crippen LogP) is 2.38. The van der Waals surface area contributed by atoms with E-state index in [1.807, 2.05) is 18.2 Å². The van der Waals surface area contributed by atoms with Crippen LogP contribution in [-0.2, 0) is 11.2 Å². The standard InChI is InChI=1S/C17H28N2O2/c1-5-18-14(3)12-19-17(20)11-13(2)10-15-8-6-7-9-16(15)21-4/h6-9,13-14,18H,5,10-12H2,1-4H3,(H,19,20)/t13?,14-/m1/s1. The van der Waals surface area contributed by atoms with Crippen molar-refractivity contribution >= 4 is 5.91 Å². The molecule has 0 spiro atoms. The summed E-state index contributed by atoms with van der Waals surface area (Å²) in [4.78, 5) is 11.9. The first-order valence-electron chi connectivity index (χ1n) is 7.68. The number of para-hydroxylation sites is 1. The molecule has 1 amide bonds. The molecular weight excluding hydrogens is 264 g/mol. The highest BCUT2D eigenvalue weighted by Crippen LogP contribution is 2.21. The van der Waals surface area contributed by atoms with Gasteiger partial charge in [0.05, 0.1) is 7.11 Å². The molecule has 0 saturated carbocycles. The highest BCUT2D eigenvalue weighted by Gasteiger charge is 2.12. The minimum Gasteiger partial charge on any atom is -0.496 e. The van der Waals surface area contributed by atoms with Crippen molar-refractivity contribution in [3.63, 3.8) is 0 Å². The van der Waals surface area contributed by atoms with Gasteiger partial charge in [0.15, 0.2) is 0 Å². The number of hydrogen-bond donors (Lipinski definition) is 2. The number of methoxy groups -OCH3 is 1. The molecule has 0 saturated heterocycles. The number of hydrogen-bond acceptors (Lipinski definition) is 3. The molecule has 1 aromatic rings. The maximum Gasteiger partial charge on any atom is 0.220 e. The number of benzene rings is 1. The van der Waals surface area contributed by atoms with Crippen LogP contribution in [0.15, 0.2) is 24.3 Å². The third-order valence-electron chi connectivity index (χ3n) is 3.45. The van der Waals surface area contributed by atoms with Crippen LogP contribution in [0.2, 0.25) is 0 Å². The predicted molar refractivity (Wildman–Crippen MR) is 86.6 cm³/mol. The second-order valence-electron chi connectivity index (χ2n) is 5.59. The lowest BCUT2D eigenvalue weighted by Gasteiger charge is -2.16. The first-order valence-corrected chi connectivity index (χ1v) is 7.68. The molecule has 0 aliphatic carbocycles. The summed E-state index contributed by atoms with van der Waals surface area (Å²) < 4.78 is 5.35. The van der Waals surface area contributed by atoms with Crippen LogP contribution in [0.4, 0.5) is 0 Å². The summed E-state index contributed by atoms with van der Waals surface area (Å²) in [5, 5.41) is 6.26. The zero-order chi connectivity index (χ0) is 15.7. The molecule has 118 valence electrons. The van der Waals surface area contributed by atoms with Crippen molar-refractivity contribution in [2.24, 2.45) is 5.92 Å². The van der Waals surface area contributed by atoms with Gasteiger partial charge in [0.1, 0.15) is 5.75 Å².